The highest BCUT2D eigenvalue weighted by Gasteiger charge is 2.25. The minimum Gasteiger partial charge on any atom is -0.497 e. The van der Waals surface area contributed by atoms with Gasteiger partial charge in [-0.05, 0) is 60.7 Å². The van der Waals surface area contributed by atoms with Crippen LogP contribution in [0.3, 0.4) is 0 Å². The highest BCUT2D eigenvalue weighted by Crippen LogP contribution is 2.29. The smallest absolute Gasteiger partial charge is 0.335 e. The maximum absolute atomic E-state index is 13.9. The standard InChI is InChI=1S/C19H18FNO4/c1-25-15-6-4-11-8-13(3-2-12(11)9-15)18(22)21-17-10-14(19(23)24)5-7-16(17)20/h4-7,9-10,13H,2-3,8H2,1H3,(H,21,22)(H,23,24). The molecule has 6 heteroatoms. The van der Waals surface area contributed by atoms with Crippen LogP contribution in [0.15, 0.2) is 36.4 Å². The van der Waals surface area contributed by atoms with Crippen LogP contribution in [-0.2, 0) is 17.6 Å². The number of carbonyl (C=O) groups excluding carboxylic acids is 1. The van der Waals surface area contributed by atoms with E-state index in [1.807, 2.05) is 18.2 Å². The minimum atomic E-state index is -1.17. The van der Waals surface area contributed by atoms with Gasteiger partial charge < -0.3 is 15.2 Å². The van der Waals surface area contributed by atoms with E-state index >= 15 is 0 Å². The van der Waals surface area contributed by atoms with Crippen molar-refractivity contribution in [1.29, 1.82) is 0 Å². The summed E-state index contributed by atoms with van der Waals surface area (Å²) < 4.78 is 19.1. The third kappa shape index (κ3) is 3.63. The van der Waals surface area contributed by atoms with E-state index in [2.05, 4.69) is 5.32 Å². The van der Waals surface area contributed by atoms with Crippen LogP contribution in [0.2, 0.25) is 0 Å². The number of ether oxygens (including phenoxy) is 1. The van der Waals surface area contributed by atoms with E-state index < -0.39 is 11.8 Å². The van der Waals surface area contributed by atoms with Gasteiger partial charge in [0.15, 0.2) is 0 Å². The molecule has 130 valence electrons. The Morgan fingerprint density at radius 1 is 1.20 bits per heavy atom. The van der Waals surface area contributed by atoms with E-state index in [9.17, 15) is 14.0 Å². The molecule has 1 amide bonds. The van der Waals surface area contributed by atoms with E-state index in [4.69, 9.17) is 9.84 Å². The van der Waals surface area contributed by atoms with Crippen LogP contribution in [0, 0.1) is 11.7 Å². The van der Waals surface area contributed by atoms with Crippen molar-refractivity contribution in [3.63, 3.8) is 0 Å². The first kappa shape index (κ1) is 17.0. The van der Waals surface area contributed by atoms with Crippen molar-refractivity contribution in [1.82, 2.24) is 0 Å². The fourth-order valence-electron chi connectivity index (χ4n) is 3.07. The zero-order valence-corrected chi connectivity index (χ0v) is 13.7. The lowest BCUT2D eigenvalue weighted by Gasteiger charge is -2.24. The van der Waals surface area contributed by atoms with Gasteiger partial charge in [-0.15, -0.1) is 0 Å². The molecular weight excluding hydrogens is 325 g/mol. The van der Waals surface area contributed by atoms with Crippen molar-refractivity contribution in [3.8, 4) is 5.75 Å². The number of nitrogens with one attached hydrogen (secondary N) is 1. The number of amides is 1. The summed E-state index contributed by atoms with van der Waals surface area (Å²) in [5.74, 6) is -1.62. The SMILES string of the molecule is COc1ccc2c(c1)CCC(C(=O)Nc1cc(C(=O)O)ccc1F)C2. The molecule has 3 rings (SSSR count). The summed E-state index contributed by atoms with van der Waals surface area (Å²) in [6.07, 6.45) is 1.94. The van der Waals surface area contributed by atoms with Crippen molar-refractivity contribution < 1.29 is 23.8 Å². The lowest BCUT2D eigenvalue weighted by Crippen LogP contribution is -2.28. The summed E-state index contributed by atoms with van der Waals surface area (Å²) in [5, 5.41) is 11.5. The number of fused-ring (bicyclic) bond motifs is 1. The minimum absolute atomic E-state index is 0.0715. The number of hydrogen-bond donors (Lipinski definition) is 2. The van der Waals surface area contributed by atoms with Crippen molar-refractivity contribution in [2.45, 2.75) is 19.3 Å². The Morgan fingerprint density at radius 2 is 2.00 bits per heavy atom. The lowest BCUT2D eigenvalue weighted by molar-refractivity contribution is -0.120. The molecule has 1 aliphatic carbocycles. The summed E-state index contributed by atoms with van der Waals surface area (Å²) >= 11 is 0. The number of carboxylic acid groups (broad SMARTS) is 1. The summed E-state index contributed by atoms with van der Waals surface area (Å²) in [4.78, 5) is 23.5. The highest BCUT2D eigenvalue weighted by atomic mass is 19.1. The van der Waals surface area contributed by atoms with E-state index in [-0.39, 0.29) is 23.1 Å². The number of hydrogen-bond acceptors (Lipinski definition) is 3. The molecule has 0 aliphatic heterocycles. The number of methoxy groups -OCH3 is 1. The summed E-state index contributed by atoms with van der Waals surface area (Å²) in [6, 6.07) is 9.12. The second-order valence-electron chi connectivity index (χ2n) is 6.06. The molecule has 1 atom stereocenters. The first-order chi connectivity index (χ1) is 12.0. The summed E-state index contributed by atoms with van der Waals surface area (Å²) in [7, 11) is 1.61. The fourth-order valence-corrected chi connectivity index (χ4v) is 3.07. The van der Waals surface area contributed by atoms with E-state index in [1.54, 1.807) is 7.11 Å². The quantitative estimate of drug-likeness (QED) is 0.893. The van der Waals surface area contributed by atoms with Crippen LogP contribution in [0.4, 0.5) is 10.1 Å². The third-order valence-electron chi connectivity index (χ3n) is 4.48. The number of carboxylic acids is 1. The summed E-state index contributed by atoms with van der Waals surface area (Å²) in [5.41, 5.74) is 2.05. The van der Waals surface area contributed by atoms with Crippen LogP contribution >= 0.6 is 0 Å². The molecule has 25 heavy (non-hydrogen) atoms. The molecule has 1 aliphatic rings. The van der Waals surface area contributed by atoms with Crippen LogP contribution in [0.5, 0.6) is 5.75 Å². The number of carbonyl (C=O) groups is 2. The van der Waals surface area contributed by atoms with Crippen molar-refractivity contribution in [2.24, 2.45) is 5.92 Å². The van der Waals surface area contributed by atoms with E-state index in [0.29, 0.717) is 12.8 Å². The second kappa shape index (κ2) is 6.93. The lowest BCUT2D eigenvalue weighted by atomic mass is 9.83. The molecule has 0 spiro atoms. The average Bonchev–Trinajstić information content (AvgIpc) is 2.62. The Hall–Kier alpha value is -2.89. The number of aryl methyl sites for hydroxylation is 1. The molecule has 0 radical (unpaired) electrons. The molecule has 2 aromatic rings. The Kier molecular flexibility index (Phi) is 4.70. The Bertz CT molecular complexity index is 834. The fraction of sp³-hybridized carbons (Fsp3) is 0.263. The Labute approximate surface area is 144 Å². The van der Waals surface area contributed by atoms with Gasteiger partial charge in [0.25, 0.3) is 0 Å². The molecule has 1 unspecified atom stereocenters. The van der Waals surface area contributed by atoms with Gasteiger partial charge in [-0.1, -0.05) is 6.07 Å². The third-order valence-corrected chi connectivity index (χ3v) is 4.48. The molecule has 0 heterocycles. The maximum atomic E-state index is 13.9. The van der Waals surface area contributed by atoms with Gasteiger partial charge in [-0.25, -0.2) is 9.18 Å². The predicted molar refractivity (Wildman–Crippen MR) is 90.5 cm³/mol. The Morgan fingerprint density at radius 3 is 2.72 bits per heavy atom. The molecule has 0 saturated carbocycles. The van der Waals surface area contributed by atoms with Gasteiger partial charge in [0.1, 0.15) is 11.6 Å². The molecular formula is C19H18FNO4. The zero-order chi connectivity index (χ0) is 18.0. The normalized spacial score (nSPS) is 16.0. The van der Waals surface area contributed by atoms with Gasteiger partial charge in [0, 0.05) is 5.92 Å². The molecule has 2 N–H and O–H groups in total. The van der Waals surface area contributed by atoms with Gasteiger partial charge >= 0.3 is 5.97 Å². The highest BCUT2D eigenvalue weighted by molar-refractivity contribution is 5.95. The second-order valence-corrected chi connectivity index (χ2v) is 6.06. The zero-order valence-electron chi connectivity index (χ0n) is 13.7. The number of aromatic carboxylic acids is 1. The first-order valence-corrected chi connectivity index (χ1v) is 7.97. The van der Waals surface area contributed by atoms with Crippen molar-refractivity contribution in [2.75, 3.05) is 12.4 Å². The predicted octanol–water partition coefficient (Wildman–Crippen LogP) is 3.28. The number of benzene rings is 2. The molecule has 0 bridgehead atoms. The van der Waals surface area contributed by atoms with E-state index in [0.717, 1.165) is 41.5 Å². The van der Waals surface area contributed by atoms with Crippen LogP contribution in [-0.4, -0.2) is 24.1 Å². The molecule has 2 aromatic carbocycles. The van der Waals surface area contributed by atoms with Gasteiger partial charge in [-0.3, -0.25) is 4.79 Å². The van der Waals surface area contributed by atoms with Crippen LogP contribution in [0.25, 0.3) is 0 Å². The largest absolute Gasteiger partial charge is 0.497 e. The summed E-state index contributed by atoms with van der Waals surface area (Å²) in [6.45, 7) is 0. The number of halogens is 1. The Balaban J connectivity index is 1.74. The number of rotatable bonds is 4. The van der Waals surface area contributed by atoms with Crippen molar-refractivity contribution >= 4 is 17.6 Å². The first-order valence-electron chi connectivity index (χ1n) is 7.97. The number of anilines is 1. The molecule has 0 aromatic heterocycles. The molecule has 0 fully saturated rings. The van der Waals surface area contributed by atoms with Crippen LogP contribution in [0.1, 0.15) is 27.9 Å². The van der Waals surface area contributed by atoms with Crippen molar-refractivity contribution in [3.05, 3.63) is 58.9 Å². The monoisotopic (exact) mass is 343 g/mol. The topological polar surface area (TPSA) is 75.6 Å². The molecule has 5 nitrogen and oxygen atoms in total. The van der Waals surface area contributed by atoms with Gasteiger partial charge in [-0.2, -0.15) is 0 Å². The van der Waals surface area contributed by atoms with Crippen LogP contribution < -0.4 is 10.1 Å². The average molecular weight is 343 g/mol. The molecule has 0 saturated heterocycles. The van der Waals surface area contributed by atoms with E-state index in [1.165, 1.54) is 0 Å². The maximum Gasteiger partial charge on any atom is 0.335 e. The van der Waals surface area contributed by atoms with Gasteiger partial charge in [0.2, 0.25) is 5.91 Å². The van der Waals surface area contributed by atoms with Gasteiger partial charge in [0.05, 0.1) is 18.4 Å².